The first-order chi connectivity index (χ1) is 17.4. The number of aromatic nitrogens is 2. The highest BCUT2D eigenvalue weighted by Gasteiger charge is 2.45. The van der Waals surface area contributed by atoms with E-state index in [2.05, 4.69) is 5.32 Å². The van der Waals surface area contributed by atoms with Crippen molar-refractivity contribution in [3.05, 3.63) is 113 Å². The van der Waals surface area contributed by atoms with Gasteiger partial charge in [0.05, 0.1) is 11.4 Å². The number of fused-ring (bicyclic) bond motifs is 1. The molecule has 0 saturated carbocycles. The summed E-state index contributed by atoms with van der Waals surface area (Å²) in [5.41, 5.74) is 4.56. The summed E-state index contributed by atoms with van der Waals surface area (Å²) in [5, 5.41) is 7.80. The van der Waals surface area contributed by atoms with Crippen LogP contribution < -0.4 is 10.2 Å². The zero-order chi connectivity index (χ0) is 25.4. The molecule has 0 aliphatic carbocycles. The molecule has 1 N–H and O–H groups in total. The summed E-state index contributed by atoms with van der Waals surface area (Å²) in [6.45, 7) is 6.11. The Kier molecular flexibility index (Phi) is 6.14. The zero-order valence-corrected chi connectivity index (χ0v) is 20.4. The monoisotopic (exact) mass is 482 g/mol. The molecule has 36 heavy (non-hydrogen) atoms. The Balaban J connectivity index is 1.68. The summed E-state index contributed by atoms with van der Waals surface area (Å²) < 4.78 is 15.6. The predicted molar refractivity (Wildman–Crippen MR) is 137 cm³/mol. The van der Waals surface area contributed by atoms with Crippen LogP contribution in [-0.4, -0.2) is 34.2 Å². The second kappa shape index (κ2) is 9.41. The Hall–Kier alpha value is -4.26. The third kappa shape index (κ3) is 4.06. The van der Waals surface area contributed by atoms with Crippen LogP contribution in [0.5, 0.6) is 0 Å². The van der Waals surface area contributed by atoms with Crippen LogP contribution in [0.3, 0.4) is 0 Å². The first-order valence-corrected chi connectivity index (χ1v) is 12.0. The Morgan fingerprint density at radius 3 is 2.39 bits per heavy atom. The number of nitrogens with zero attached hydrogens (tertiary/aromatic N) is 3. The molecule has 0 saturated heterocycles. The molecule has 6 nitrogen and oxygen atoms in total. The van der Waals surface area contributed by atoms with Gasteiger partial charge in [-0.1, -0.05) is 48.0 Å². The minimum Gasteiger partial charge on any atom is -0.339 e. The van der Waals surface area contributed by atoms with Crippen LogP contribution in [-0.2, 0) is 4.79 Å². The van der Waals surface area contributed by atoms with Crippen LogP contribution in [0.15, 0.2) is 78.9 Å². The normalized spacial score (nSPS) is 17.1. The molecular formula is C29H27FN4O2. The maximum Gasteiger partial charge on any atom is 0.251 e. The number of nitrogens with one attached hydrogen (secondary N) is 1. The molecule has 7 heteroatoms. The second-order valence-electron chi connectivity index (χ2n) is 9.00. The number of benzene rings is 3. The van der Waals surface area contributed by atoms with Crippen LogP contribution in [0.25, 0.3) is 5.69 Å². The van der Waals surface area contributed by atoms with E-state index in [1.165, 1.54) is 12.1 Å². The number of aryl methyl sites for hydroxylation is 2. The number of carbonyl (C=O) groups is 2. The Morgan fingerprint density at radius 1 is 1.00 bits per heavy atom. The largest absolute Gasteiger partial charge is 0.339 e. The summed E-state index contributed by atoms with van der Waals surface area (Å²) in [5.74, 6) is -0.814. The van der Waals surface area contributed by atoms with E-state index in [9.17, 15) is 14.0 Å². The van der Waals surface area contributed by atoms with E-state index in [0.29, 0.717) is 17.9 Å². The number of anilines is 1. The maximum atomic E-state index is 14.0. The number of likely N-dealkylation sites (N-methyl/N-ethyl adjacent to an activating group) is 1. The average Bonchev–Trinajstić information content (AvgIpc) is 3.22. The minimum atomic E-state index is -0.886. The molecule has 1 aromatic heterocycles. The van der Waals surface area contributed by atoms with E-state index in [1.54, 1.807) is 33.8 Å². The lowest BCUT2D eigenvalue weighted by Crippen LogP contribution is -2.55. The van der Waals surface area contributed by atoms with Gasteiger partial charge >= 0.3 is 0 Å². The molecule has 1 aliphatic heterocycles. The van der Waals surface area contributed by atoms with Gasteiger partial charge in [0, 0.05) is 23.6 Å². The molecule has 4 aromatic rings. The summed E-state index contributed by atoms with van der Waals surface area (Å²) in [6.07, 6.45) is 0. The van der Waals surface area contributed by atoms with Gasteiger partial charge in [0.25, 0.3) is 11.8 Å². The molecule has 0 fully saturated rings. The van der Waals surface area contributed by atoms with Crippen LogP contribution in [0.1, 0.15) is 45.6 Å². The summed E-state index contributed by atoms with van der Waals surface area (Å²) >= 11 is 0. The minimum absolute atomic E-state index is 0.239. The standard InChI is InChI=1S/C29H27FN4O2/c1-4-33-28-24(19(3)32-34(28)23-11-6-5-7-12-23)25(20-13-15-22(30)16-14-20)26(29(33)36)31-27(35)21-10-8-9-18(2)17-21/h5-17,25-26H,4H2,1-3H3,(H,31,35)/t25-,26-/m0/s1. The third-order valence-corrected chi connectivity index (χ3v) is 6.63. The number of amides is 2. The van der Waals surface area contributed by atoms with E-state index in [4.69, 9.17) is 5.10 Å². The van der Waals surface area contributed by atoms with Crippen molar-refractivity contribution in [2.75, 3.05) is 11.4 Å². The molecular weight excluding hydrogens is 455 g/mol. The smallest absolute Gasteiger partial charge is 0.251 e. The molecule has 2 heterocycles. The molecule has 0 bridgehead atoms. The van der Waals surface area contributed by atoms with E-state index < -0.39 is 12.0 Å². The molecule has 2 atom stereocenters. The first kappa shape index (κ1) is 23.5. The van der Waals surface area contributed by atoms with Gasteiger partial charge in [0.1, 0.15) is 17.7 Å². The van der Waals surface area contributed by atoms with Gasteiger partial charge in [-0.25, -0.2) is 9.07 Å². The molecule has 3 aromatic carbocycles. The van der Waals surface area contributed by atoms with Crippen LogP contribution in [0.4, 0.5) is 10.2 Å². The fourth-order valence-electron chi connectivity index (χ4n) is 4.97. The molecule has 0 unspecified atom stereocenters. The molecule has 0 spiro atoms. The van der Waals surface area contributed by atoms with Gasteiger partial charge in [-0.2, -0.15) is 5.10 Å². The second-order valence-corrected chi connectivity index (χ2v) is 9.00. The van der Waals surface area contributed by atoms with Crippen LogP contribution >= 0.6 is 0 Å². The zero-order valence-electron chi connectivity index (χ0n) is 20.4. The number of hydrogen-bond acceptors (Lipinski definition) is 3. The van der Waals surface area contributed by atoms with Crippen molar-refractivity contribution in [1.82, 2.24) is 15.1 Å². The van der Waals surface area contributed by atoms with Crippen molar-refractivity contribution in [3.63, 3.8) is 0 Å². The highest BCUT2D eigenvalue weighted by Crippen LogP contribution is 2.43. The number of hydrogen-bond donors (Lipinski definition) is 1. The van der Waals surface area contributed by atoms with E-state index >= 15 is 0 Å². The lowest BCUT2D eigenvalue weighted by molar-refractivity contribution is -0.121. The number of rotatable bonds is 5. The van der Waals surface area contributed by atoms with Gasteiger partial charge in [0.15, 0.2) is 0 Å². The van der Waals surface area contributed by atoms with Crippen molar-refractivity contribution in [3.8, 4) is 5.69 Å². The van der Waals surface area contributed by atoms with Crippen LogP contribution in [0.2, 0.25) is 0 Å². The quantitative estimate of drug-likeness (QED) is 0.439. The van der Waals surface area contributed by atoms with Crippen LogP contribution in [0, 0.1) is 19.7 Å². The topological polar surface area (TPSA) is 67.2 Å². The predicted octanol–water partition coefficient (Wildman–Crippen LogP) is 4.93. The Morgan fingerprint density at radius 2 is 1.72 bits per heavy atom. The van der Waals surface area contributed by atoms with Gasteiger partial charge < -0.3 is 5.32 Å². The molecule has 2 amide bonds. The SMILES string of the molecule is CCN1C(=O)[C@@H](NC(=O)c2cccc(C)c2)[C@@H](c2ccc(F)cc2)c2c(C)nn(-c3ccccc3)c21. The van der Waals surface area contributed by atoms with E-state index in [1.807, 2.05) is 63.2 Å². The van der Waals surface area contributed by atoms with Crippen molar-refractivity contribution in [2.45, 2.75) is 32.7 Å². The summed E-state index contributed by atoms with van der Waals surface area (Å²) in [4.78, 5) is 29.0. The van der Waals surface area contributed by atoms with Crippen molar-refractivity contribution >= 4 is 17.6 Å². The third-order valence-electron chi connectivity index (χ3n) is 6.63. The first-order valence-electron chi connectivity index (χ1n) is 12.0. The van der Waals surface area contributed by atoms with Crippen molar-refractivity contribution in [2.24, 2.45) is 0 Å². The Bertz CT molecular complexity index is 1430. The lowest BCUT2D eigenvalue weighted by atomic mass is 9.81. The van der Waals surface area contributed by atoms with E-state index in [0.717, 1.165) is 28.1 Å². The van der Waals surface area contributed by atoms with Crippen molar-refractivity contribution in [1.29, 1.82) is 0 Å². The highest BCUT2D eigenvalue weighted by molar-refractivity contribution is 6.05. The fraction of sp³-hybridized carbons (Fsp3) is 0.207. The molecule has 0 radical (unpaired) electrons. The average molecular weight is 483 g/mol. The fourth-order valence-corrected chi connectivity index (χ4v) is 4.97. The van der Waals surface area contributed by atoms with Crippen molar-refractivity contribution < 1.29 is 14.0 Å². The van der Waals surface area contributed by atoms with Gasteiger partial charge in [-0.3, -0.25) is 14.5 Å². The van der Waals surface area contributed by atoms with Gasteiger partial charge in [-0.15, -0.1) is 0 Å². The van der Waals surface area contributed by atoms with E-state index in [-0.39, 0.29) is 17.6 Å². The number of para-hydroxylation sites is 1. The molecule has 182 valence electrons. The molecule has 5 rings (SSSR count). The molecule has 1 aliphatic rings. The number of carbonyl (C=O) groups excluding carboxylic acids is 2. The van der Waals surface area contributed by atoms with Gasteiger partial charge in [-0.05, 0) is 62.7 Å². The summed E-state index contributed by atoms with van der Waals surface area (Å²) in [7, 11) is 0. The lowest BCUT2D eigenvalue weighted by Gasteiger charge is -2.38. The summed E-state index contributed by atoms with van der Waals surface area (Å²) in [6, 6.07) is 22.1. The number of halogens is 1. The highest BCUT2D eigenvalue weighted by atomic mass is 19.1. The van der Waals surface area contributed by atoms with Gasteiger partial charge in [0.2, 0.25) is 0 Å². The maximum absolute atomic E-state index is 14.0. The Labute approximate surface area is 209 Å².